The van der Waals surface area contributed by atoms with Gasteiger partial charge in [-0.25, -0.2) is 4.68 Å². The summed E-state index contributed by atoms with van der Waals surface area (Å²) in [5.41, 5.74) is 5.34. The summed E-state index contributed by atoms with van der Waals surface area (Å²) < 4.78 is 1.82. The fourth-order valence-corrected chi connectivity index (χ4v) is 3.40. The van der Waals surface area contributed by atoms with E-state index in [9.17, 15) is 10.1 Å². The van der Waals surface area contributed by atoms with Crippen LogP contribution in [0.1, 0.15) is 10.9 Å². The van der Waals surface area contributed by atoms with Crippen LogP contribution in [0.15, 0.2) is 59.8 Å². The third-order valence-corrected chi connectivity index (χ3v) is 4.63. The minimum absolute atomic E-state index is 0.0550. The molecular formula is C15H11N5O2S. The molecule has 0 spiro atoms. The van der Waals surface area contributed by atoms with Gasteiger partial charge in [0.25, 0.3) is 5.69 Å². The van der Waals surface area contributed by atoms with Crippen LogP contribution in [0.3, 0.4) is 0 Å². The second-order valence-electron chi connectivity index (χ2n) is 4.98. The Morgan fingerprint density at radius 1 is 1.09 bits per heavy atom. The number of benzene rings is 2. The zero-order valence-corrected chi connectivity index (χ0v) is 12.6. The Balaban J connectivity index is 1.64. The van der Waals surface area contributed by atoms with Crippen molar-refractivity contribution in [3.8, 4) is 11.4 Å². The van der Waals surface area contributed by atoms with E-state index in [4.69, 9.17) is 0 Å². The molecule has 0 amide bonds. The molecule has 0 fully saturated rings. The number of non-ortho nitro benzene ring substituents is 1. The third-order valence-electron chi connectivity index (χ3n) is 3.54. The van der Waals surface area contributed by atoms with Crippen LogP contribution in [0.25, 0.3) is 11.4 Å². The Kier molecular flexibility index (Phi) is 3.23. The lowest BCUT2D eigenvalue weighted by atomic mass is 10.2. The molecule has 4 rings (SSSR count). The molecule has 8 heteroatoms. The van der Waals surface area contributed by atoms with Crippen LogP contribution >= 0.6 is 11.8 Å². The van der Waals surface area contributed by atoms with Gasteiger partial charge in [-0.3, -0.25) is 10.1 Å². The van der Waals surface area contributed by atoms with Gasteiger partial charge in [-0.05, 0) is 17.7 Å². The Morgan fingerprint density at radius 2 is 1.83 bits per heavy atom. The molecule has 0 saturated carbocycles. The maximum Gasteiger partial charge on any atom is 0.269 e. The number of nitrogens with one attached hydrogen (secondary N) is 1. The molecule has 1 aliphatic heterocycles. The first-order valence-electron chi connectivity index (χ1n) is 6.91. The van der Waals surface area contributed by atoms with Crippen molar-refractivity contribution in [2.45, 2.75) is 10.5 Å². The lowest BCUT2D eigenvalue weighted by Gasteiger charge is -2.11. The Bertz CT molecular complexity index is 863. The largest absolute Gasteiger partial charge is 0.304 e. The minimum Gasteiger partial charge on any atom is -0.304 e. The van der Waals surface area contributed by atoms with Gasteiger partial charge < -0.3 is 5.43 Å². The van der Waals surface area contributed by atoms with Crippen LogP contribution in [0.5, 0.6) is 0 Å². The van der Waals surface area contributed by atoms with Crippen LogP contribution in [-0.2, 0) is 0 Å². The highest BCUT2D eigenvalue weighted by atomic mass is 32.2. The van der Waals surface area contributed by atoms with E-state index < -0.39 is 4.92 Å². The Morgan fingerprint density at radius 3 is 2.52 bits per heavy atom. The molecule has 0 radical (unpaired) electrons. The summed E-state index contributed by atoms with van der Waals surface area (Å²) in [4.78, 5) is 10.3. The summed E-state index contributed by atoms with van der Waals surface area (Å²) in [5.74, 6) is 0.640. The second kappa shape index (κ2) is 5.40. The smallest absolute Gasteiger partial charge is 0.269 e. The molecule has 0 aliphatic carbocycles. The number of hydrogen-bond donors (Lipinski definition) is 1. The van der Waals surface area contributed by atoms with Gasteiger partial charge in [-0.1, -0.05) is 42.1 Å². The van der Waals surface area contributed by atoms with Gasteiger partial charge >= 0.3 is 0 Å². The molecule has 1 aliphatic rings. The SMILES string of the molecule is O=[N+]([O-])c1ccc(-c2nnc3n2NC(c2ccccc2)S3)cc1. The van der Waals surface area contributed by atoms with E-state index in [0.717, 1.165) is 16.3 Å². The molecule has 1 N–H and O–H groups in total. The molecule has 1 aromatic heterocycles. The molecular weight excluding hydrogens is 314 g/mol. The quantitative estimate of drug-likeness (QED) is 0.588. The second-order valence-corrected chi connectivity index (χ2v) is 6.06. The molecule has 2 heterocycles. The third kappa shape index (κ3) is 2.42. The van der Waals surface area contributed by atoms with E-state index in [1.165, 1.54) is 12.1 Å². The van der Waals surface area contributed by atoms with Crippen molar-refractivity contribution >= 4 is 17.4 Å². The van der Waals surface area contributed by atoms with Crippen molar-refractivity contribution < 1.29 is 4.92 Å². The molecule has 3 aromatic rings. The summed E-state index contributed by atoms with van der Waals surface area (Å²) in [6, 6.07) is 16.4. The molecule has 7 nitrogen and oxygen atoms in total. The number of thioether (sulfide) groups is 1. The monoisotopic (exact) mass is 325 g/mol. The van der Waals surface area contributed by atoms with Gasteiger partial charge in [0.2, 0.25) is 5.16 Å². The molecule has 114 valence electrons. The number of fused-ring (bicyclic) bond motifs is 1. The first kappa shape index (κ1) is 13.8. The van der Waals surface area contributed by atoms with Crippen LogP contribution in [0, 0.1) is 10.1 Å². The van der Waals surface area contributed by atoms with Gasteiger partial charge in [0.05, 0.1) is 4.92 Å². The summed E-state index contributed by atoms with van der Waals surface area (Å²) in [6.07, 6.45) is 0. The van der Waals surface area contributed by atoms with Crippen LogP contribution in [-0.4, -0.2) is 19.8 Å². The summed E-state index contributed by atoms with van der Waals surface area (Å²) >= 11 is 1.58. The predicted octanol–water partition coefficient (Wildman–Crippen LogP) is 3.20. The number of nitro groups is 1. The normalized spacial score (nSPS) is 15.9. The number of hydrogen-bond acceptors (Lipinski definition) is 6. The lowest BCUT2D eigenvalue weighted by Crippen LogP contribution is -2.13. The van der Waals surface area contributed by atoms with Crippen LogP contribution in [0.4, 0.5) is 5.69 Å². The van der Waals surface area contributed by atoms with Crippen molar-refractivity contribution in [3.05, 3.63) is 70.3 Å². The predicted molar refractivity (Wildman–Crippen MR) is 86.5 cm³/mol. The van der Waals surface area contributed by atoms with Crippen molar-refractivity contribution in [3.63, 3.8) is 0 Å². The van der Waals surface area contributed by atoms with Crippen molar-refractivity contribution in [1.29, 1.82) is 0 Å². The molecule has 0 saturated heterocycles. The van der Waals surface area contributed by atoms with Gasteiger partial charge in [0.15, 0.2) is 5.82 Å². The molecule has 0 bridgehead atoms. The maximum atomic E-state index is 10.7. The highest BCUT2D eigenvalue weighted by molar-refractivity contribution is 7.99. The van der Waals surface area contributed by atoms with E-state index in [1.807, 2.05) is 22.9 Å². The average molecular weight is 325 g/mol. The molecule has 1 unspecified atom stereocenters. The van der Waals surface area contributed by atoms with Gasteiger partial charge in [-0.15, -0.1) is 10.2 Å². The fraction of sp³-hybridized carbons (Fsp3) is 0.0667. The van der Waals surface area contributed by atoms with E-state index in [-0.39, 0.29) is 11.1 Å². The van der Waals surface area contributed by atoms with Gasteiger partial charge in [0, 0.05) is 17.7 Å². The van der Waals surface area contributed by atoms with Crippen molar-refractivity contribution in [2.24, 2.45) is 0 Å². The van der Waals surface area contributed by atoms with Crippen molar-refractivity contribution in [2.75, 3.05) is 5.43 Å². The van der Waals surface area contributed by atoms with Crippen LogP contribution < -0.4 is 5.43 Å². The fourth-order valence-electron chi connectivity index (χ4n) is 2.40. The highest BCUT2D eigenvalue weighted by Gasteiger charge is 2.28. The minimum atomic E-state index is -0.419. The maximum absolute atomic E-state index is 10.7. The summed E-state index contributed by atoms with van der Waals surface area (Å²) in [7, 11) is 0. The number of nitro benzene ring substituents is 1. The standard InChI is InChI=1S/C15H11N5O2S/c21-20(22)12-8-6-10(7-9-12)13-16-17-15-19(13)18-14(23-15)11-4-2-1-3-5-11/h1-9,14,18H. The zero-order chi connectivity index (χ0) is 15.8. The summed E-state index contributed by atoms with van der Waals surface area (Å²) in [6.45, 7) is 0. The molecule has 23 heavy (non-hydrogen) atoms. The van der Waals surface area contributed by atoms with E-state index in [0.29, 0.717) is 5.82 Å². The average Bonchev–Trinajstić information content (AvgIpc) is 3.16. The van der Waals surface area contributed by atoms with Gasteiger partial charge in [-0.2, -0.15) is 0 Å². The molecule has 1 atom stereocenters. The molecule has 2 aromatic carbocycles. The van der Waals surface area contributed by atoms with Crippen molar-refractivity contribution in [1.82, 2.24) is 14.9 Å². The number of aromatic nitrogens is 3. The van der Waals surface area contributed by atoms with Crippen LogP contribution in [0.2, 0.25) is 0 Å². The topological polar surface area (TPSA) is 85.9 Å². The van der Waals surface area contributed by atoms with E-state index in [1.54, 1.807) is 23.9 Å². The number of nitrogens with zero attached hydrogens (tertiary/aromatic N) is 4. The van der Waals surface area contributed by atoms with E-state index in [2.05, 4.69) is 27.8 Å². The number of rotatable bonds is 3. The van der Waals surface area contributed by atoms with E-state index >= 15 is 0 Å². The van der Waals surface area contributed by atoms with Gasteiger partial charge in [0.1, 0.15) is 5.37 Å². The zero-order valence-electron chi connectivity index (χ0n) is 11.8. The lowest BCUT2D eigenvalue weighted by molar-refractivity contribution is -0.384. The highest BCUT2D eigenvalue weighted by Crippen LogP contribution is 2.40. The Hall–Kier alpha value is -2.87. The first-order chi connectivity index (χ1) is 11.2. The Labute approximate surface area is 135 Å². The first-order valence-corrected chi connectivity index (χ1v) is 7.79. The summed E-state index contributed by atoms with van der Waals surface area (Å²) in [5, 5.41) is 19.9.